The maximum atomic E-state index is 11.0. The van der Waals surface area contributed by atoms with Crippen LogP contribution in [0.2, 0.25) is 52.4 Å². The van der Waals surface area contributed by atoms with Gasteiger partial charge in [-0.1, -0.05) is 39.3 Å². The van der Waals surface area contributed by atoms with E-state index in [9.17, 15) is 4.80 Å². The quantitative estimate of drug-likeness (QED) is 0.823. The maximum absolute atomic E-state index is 11.0. The minimum atomic E-state index is -2.57. The van der Waals surface area contributed by atoms with Crippen LogP contribution in [0.3, 0.4) is 0 Å². The molecule has 0 spiro atoms. The van der Waals surface area contributed by atoms with E-state index in [1.54, 1.807) is 0 Å². The molecule has 0 saturated carbocycles. The SMILES string of the molecule is C[Si](C)(C)c1ccnn1C(n1nccc1[Si](C)(C)C)[Si](C)(C)O. The fraction of sp³-hybridized carbons (Fsp3) is 0.600. The van der Waals surface area contributed by atoms with E-state index >= 15 is 0 Å². The number of aromatic nitrogens is 4. The molecular formula is C15H30N4OSi3. The van der Waals surface area contributed by atoms with Crippen molar-refractivity contribution in [3.8, 4) is 0 Å². The Hall–Kier alpha value is -0.969. The van der Waals surface area contributed by atoms with Gasteiger partial charge in [0.1, 0.15) is 16.1 Å². The second-order valence-electron chi connectivity index (χ2n) is 8.85. The van der Waals surface area contributed by atoms with Gasteiger partial charge in [0.2, 0.25) is 8.32 Å². The zero-order valence-corrected chi connectivity index (χ0v) is 18.6. The molecule has 0 aromatic carbocycles. The third-order valence-corrected chi connectivity index (χ3v) is 9.59. The summed E-state index contributed by atoms with van der Waals surface area (Å²) in [5.41, 5.74) is 0. The highest BCUT2D eigenvalue weighted by molar-refractivity contribution is 6.89. The van der Waals surface area contributed by atoms with Crippen LogP contribution in [0.5, 0.6) is 0 Å². The summed E-state index contributed by atoms with van der Waals surface area (Å²) in [4.78, 5) is 11.0. The fourth-order valence-electron chi connectivity index (χ4n) is 2.91. The molecular weight excluding hydrogens is 336 g/mol. The summed E-state index contributed by atoms with van der Waals surface area (Å²) >= 11 is 0. The van der Waals surface area contributed by atoms with E-state index in [-0.39, 0.29) is 5.79 Å². The Bertz CT molecular complexity index is 622. The van der Waals surface area contributed by atoms with Crippen molar-refractivity contribution in [3.05, 3.63) is 24.5 Å². The van der Waals surface area contributed by atoms with Gasteiger partial charge in [-0.05, 0) is 25.2 Å². The van der Waals surface area contributed by atoms with Gasteiger partial charge in [-0.3, -0.25) is 9.36 Å². The van der Waals surface area contributed by atoms with Gasteiger partial charge < -0.3 is 4.80 Å². The van der Waals surface area contributed by atoms with Crippen LogP contribution < -0.4 is 10.6 Å². The highest BCUT2D eigenvalue weighted by Gasteiger charge is 2.40. The first kappa shape index (κ1) is 18.4. The van der Waals surface area contributed by atoms with Crippen molar-refractivity contribution in [2.24, 2.45) is 0 Å². The zero-order chi connectivity index (χ0) is 17.6. The van der Waals surface area contributed by atoms with Crippen molar-refractivity contribution in [2.75, 3.05) is 0 Å². The summed E-state index contributed by atoms with van der Waals surface area (Å²) in [6.07, 6.45) is 3.72. The summed E-state index contributed by atoms with van der Waals surface area (Å²) in [6, 6.07) is 4.22. The first-order valence-electron chi connectivity index (χ1n) is 8.14. The Balaban J connectivity index is 2.67. The third-order valence-electron chi connectivity index (χ3n) is 3.97. The Kier molecular flexibility index (Phi) is 4.66. The van der Waals surface area contributed by atoms with E-state index < -0.39 is 24.5 Å². The molecule has 0 atom stereocenters. The van der Waals surface area contributed by atoms with Crippen molar-refractivity contribution in [1.82, 2.24) is 19.6 Å². The Labute approximate surface area is 142 Å². The topological polar surface area (TPSA) is 55.9 Å². The van der Waals surface area contributed by atoms with Gasteiger partial charge in [0.25, 0.3) is 0 Å². The van der Waals surface area contributed by atoms with Crippen molar-refractivity contribution < 1.29 is 4.80 Å². The van der Waals surface area contributed by atoms with E-state index in [1.165, 1.54) is 10.6 Å². The lowest BCUT2D eigenvalue weighted by Crippen LogP contribution is -2.56. The number of hydrogen-bond acceptors (Lipinski definition) is 3. The van der Waals surface area contributed by atoms with E-state index in [0.717, 1.165) is 0 Å². The lowest BCUT2D eigenvalue weighted by molar-refractivity contribution is 0.405. The van der Waals surface area contributed by atoms with Crippen LogP contribution in [-0.4, -0.2) is 48.8 Å². The average Bonchev–Trinajstić information content (AvgIpc) is 2.93. The number of hydrogen-bond donors (Lipinski definition) is 1. The molecule has 2 aromatic rings. The number of rotatable bonds is 5. The molecule has 2 heterocycles. The van der Waals surface area contributed by atoms with Gasteiger partial charge in [-0.15, -0.1) is 0 Å². The van der Waals surface area contributed by atoms with Gasteiger partial charge >= 0.3 is 0 Å². The molecule has 0 unspecified atom stereocenters. The fourth-order valence-corrected chi connectivity index (χ4v) is 7.66. The Morgan fingerprint density at radius 1 is 0.783 bits per heavy atom. The molecule has 0 bridgehead atoms. The van der Waals surface area contributed by atoms with Crippen molar-refractivity contribution in [3.63, 3.8) is 0 Å². The van der Waals surface area contributed by atoms with Crippen LogP contribution in [0.15, 0.2) is 24.5 Å². The van der Waals surface area contributed by atoms with Crippen LogP contribution in [0.4, 0.5) is 0 Å². The lowest BCUT2D eigenvalue weighted by atomic mass is 10.7. The summed E-state index contributed by atoms with van der Waals surface area (Å²) in [5.74, 6) is -0.198. The van der Waals surface area contributed by atoms with Gasteiger partial charge in [0.05, 0.1) is 0 Å². The van der Waals surface area contributed by atoms with Crippen LogP contribution in [-0.2, 0) is 0 Å². The van der Waals surface area contributed by atoms with E-state index in [0.29, 0.717) is 0 Å². The number of nitrogens with zero attached hydrogens (tertiary/aromatic N) is 4. The molecule has 1 N–H and O–H groups in total. The zero-order valence-electron chi connectivity index (χ0n) is 15.6. The molecule has 2 rings (SSSR count). The van der Waals surface area contributed by atoms with Crippen LogP contribution in [0.1, 0.15) is 5.79 Å². The first-order valence-corrected chi connectivity index (χ1v) is 18.2. The predicted molar refractivity (Wildman–Crippen MR) is 105 cm³/mol. The molecule has 0 aliphatic rings. The smallest absolute Gasteiger partial charge is 0.232 e. The molecule has 0 fully saturated rings. The molecule has 0 radical (unpaired) electrons. The second kappa shape index (κ2) is 5.83. The minimum absolute atomic E-state index is 0.198. The van der Waals surface area contributed by atoms with Gasteiger partial charge in [-0.2, -0.15) is 10.2 Å². The minimum Gasteiger partial charge on any atom is -0.428 e. The monoisotopic (exact) mass is 366 g/mol. The Morgan fingerprint density at radius 3 is 1.39 bits per heavy atom. The van der Waals surface area contributed by atoms with Gasteiger partial charge in [0.15, 0.2) is 5.79 Å². The summed E-state index contributed by atoms with van der Waals surface area (Å²) in [6.45, 7) is 17.8. The molecule has 5 nitrogen and oxygen atoms in total. The molecule has 23 heavy (non-hydrogen) atoms. The summed E-state index contributed by atoms with van der Waals surface area (Å²) < 4.78 is 4.10. The molecule has 0 aliphatic carbocycles. The van der Waals surface area contributed by atoms with Crippen LogP contribution >= 0.6 is 0 Å². The average molecular weight is 367 g/mol. The highest BCUT2D eigenvalue weighted by Crippen LogP contribution is 2.21. The van der Waals surface area contributed by atoms with E-state index in [4.69, 9.17) is 0 Å². The second-order valence-corrected chi connectivity index (χ2v) is 22.7. The lowest BCUT2D eigenvalue weighted by Gasteiger charge is -2.34. The van der Waals surface area contributed by atoms with Crippen LogP contribution in [0.25, 0.3) is 0 Å². The molecule has 0 saturated heterocycles. The van der Waals surface area contributed by atoms with Crippen molar-refractivity contribution in [1.29, 1.82) is 0 Å². The van der Waals surface area contributed by atoms with Crippen molar-refractivity contribution in [2.45, 2.75) is 58.2 Å². The van der Waals surface area contributed by atoms with Gasteiger partial charge in [-0.25, -0.2) is 0 Å². The van der Waals surface area contributed by atoms with Crippen molar-refractivity contribution >= 4 is 35.1 Å². The molecule has 0 aliphatic heterocycles. The van der Waals surface area contributed by atoms with E-state index in [2.05, 4.69) is 71.0 Å². The largest absolute Gasteiger partial charge is 0.428 e. The standard InChI is InChI=1S/C15H30N4OSi3/c1-21(2,3)13-9-11-16-18(13)15(23(7,8)20)19-14(10-12-17-19)22(4,5)6/h9-12,15,20H,1-8H3. The first-order chi connectivity index (χ1) is 10.3. The van der Waals surface area contributed by atoms with Crippen LogP contribution in [0, 0.1) is 0 Å². The molecule has 128 valence electrons. The normalized spacial score (nSPS) is 13.8. The molecule has 0 amide bonds. The third kappa shape index (κ3) is 3.76. The summed E-state index contributed by atoms with van der Waals surface area (Å²) in [7, 11) is -5.69. The highest BCUT2D eigenvalue weighted by atomic mass is 28.4. The van der Waals surface area contributed by atoms with Gasteiger partial charge in [0, 0.05) is 23.0 Å². The maximum Gasteiger partial charge on any atom is 0.232 e. The molecule has 8 heteroatoms. The Morgan fingerprint density at radius 2 is 1.13 bits per heavy atom. The predicted octanol–water partition coefficient (Wildman–Crippen LogP) is 1.95. The summed E-state index contributed by atoms with van der Waals surface area (Å²) in [5, 5.41) is 11.7. The molecule has 2 aromatic heterocycles. The van der Waals surface area contributed by atoms with E-state index in [1.807, 2.05) is 25.5 Å².